The Morgan fingerprint density at radius 1 is 1.00 bits per heavy atom. The minimum Gasteiger partial charge on any atom is -0.426 e. The van der Waals surface area contributed by atoms with Gasteiger partial charge in [-0.3, -0.25) is 19.7 Å². The van der Waals surface area contributed by atoms with Crippen molar-refractivity contribution in [1.82, 2.24) is 5.32 Å². The first-order valence-corrected chi connectivity index (χ1v) is 11.8. The van der Waals surface area contributed by atoms with E-state index in [0.29, 0.717) is 18.6 Å². The van der Waals surface area contributed by atoms with E-state index in [1.165, 1.54) is 19.3 Å². The van der Waals surface area contributed by atoms with E-state index in [0.717, 1.165) is 47.7 Å². The van der Waals surface area contributed by atoms with E-state index in [1.54, 1.807) is 0 Å². The topological polar surface area (TPSA) is 72.5 Å². The van der Waals surface area contributed by atoms with Gasteiger partial charge in [0.05, 0.1) is 5.25 Å². The summed E-state index contributed by atoms with van der Waals surface area (Å²) in [4.78, 5) is 35.9. The molecule has 1 atom stereocenters. The molecule has 0 radical (unpaired) electrons. The number of carbonyl (C=O) groups excluding carboxylic acids is 3. The van der Waals surface area contributed by atoms with Crippen molar-refractivity contribution in [3.8, 4) is 16.9 Å². The molecular formula is C25H29NO4S. The highest BCUT2D eigenvalue weighted by molar-refractivity contribution is 8.15. The molecule has 1 fully saturated rings. The molecule has 164 valence electrons. The third kappa shape index (κ3) is 6.96. The van der Waals surface area contributed by atoms with Gasteiger partial charge in [-0.05, 0) is 30.0 Å². The highest BCUT2D eigenvalue weighted by Crippen LogP contribution is 2.33. The first-order valence-electron chi connectivity index (χ1n) is 11.0. The largest absolute Gasteiger partial charge is 0.426 e. The lowest BCUT2D eigenvalue weighted by molar-refractivity contribution is -0.134. The number of carbonyl (C=O) groups is 3. The zero-order chi connectivity index (χ0) is 22.1. The van der Waals surface area contributed by atoms with Gasteiger partial charge >= 0.3 is 5.97 Å². The average molecular weight is 440 g/mol. The lowest BCUT2D eigenvalue weighted by Gasteiger charge is -2.13. The fourth-order valence-electron chi connectivity index (χ4n) is 3.60. The number of nitrogens with one attached hydrogen (secondary N) is 1. The number of amides is 2. The van der Waals surface area contributed by atoms with Gasteiger partial charge in [0.2, 0.25) is 5.91 Å². The molecule has 3 rings (SSSR count). The summed E-state index contributed by atoms with van der Waals surface area (Å²) in [6.45, 7) is 2.19. The fraction of sp³-hybridized carbons (Fsp3) is 0.400. The van der Waals surface area contributed by atoms with Crippen LogP contribution in [0.3, 0.4) is 0 Å². The maximum absolute atomic E-state index is 12.5. The second-order valence-corrected chi connectivity index (χ2v) is 8.95. The molecule has 0 aliphatic carbocycles. The predicted octanol–water partition coefficient (Wildman–Crippen LogP) is 5.90. The second-order valence-electron chi connectivity index (χ2n) is 7.78. The molecule has 6 heteroatoms. The Morgan fingerprint density at radius 2 is 1.74 bits per heavy atom. The van der Waals surface area contributed by atoms with Gasteiger partial charge in [0, 0.05) is 12.0 Å². The number of rotatable bonds is 11. The molecule has 1 saturated heterocycles. The van der Waals surface area contributed by atoms with E-state index in [1.807, 2.05) is 48.5 Å². The number of thioether (sulfide) groups is 1. The maximum Gasteiger partial charge on any atom is 0.311 e. The monoisotopic (exact) mass is 439 g/mol. The van der Waals surface area contributed by atoms with Crippen molar-refractivity contribution in [2.75, 3.05) is 0 Å². The van der Waals surface area contributed by atoms with Crippen molar-refractivity contribution in [3.05, 3.63) is 54.1 Å². The van der Waals surface area contributed by atoms with Crippen LogP contribution in [-0.2, 0) is 16.0 Å². The Hall–Kier alpha value is -2.60. The smallest absolute Gasteiger partial charge is 0.311 e. The van der Waals surface area contributed by atoms with Crippen molar-refractivity contribution >= 4 is 28.9 Å². The van der Waals surface area contributed by atoms with Gasteiger partial charge in [-0.15, -0.1) is 0 Å². The molecule has 0 saturated carbocycles. The number of hydrogen-bond donors (Lipinski definition) is 1. The summed E-state index contributed by atoms with van der Waals surface area (Å²) in [6, 6.07) is 15.4. The number of hydrogen-bond acceptors (Lipinski definition) is 5. The lowest BCUT2D eigenvalue weighted by Crippen LogP contribution is -2.25. The normalized spacial score (nSPS) is 15.7. The molecule has 0 aromatic heterocycles. The van der Waals surface area contributed by atoms with Crippen LogP contribution in [0, 0.1) is 0 Å². The van der Waals surface area contributed by atoms with Crippen LogP contribution >= 0.6 is 11.8 Å². The first-order chi connectivity index (χ1) is 15.1. The summed E-state index contributed by atoms with van der Waals surface area (Å²) in [5, 5.41) is 1.54. The Morgan fingerprint density at radius 3 is 2.45 bits per heavy atom. The summed E-state index contributed by atoms with van der Waals surface area (Å²) < 4.78 is 5.77. The first kappa shape index (κ1) is 23.1. The van der Waals surface area contributed by atoms with Gasteiger partial charge < -0.3 is 4.74 Å². The Labute approximate surface area is 187 Å². The van der Waals surface area contributed by atoms with E-state index in [9.17, 15) is 14.4 Å². The molecule has 1 N–H and O–H groups in total. The Bertz CT molecular complexity index is 913. The molecule has 1 aliphatic heterocycles. The van der Waals surface area contributed by atoms with Gasteiger partial charge in [-0.25, -0.2) is 0 Å². The molecule has 2 aromatic carbocycles. The summed E-state index contributed by atoms with van der Waals surface area (Å²) in [5.74, 6) is -0.0221. The summed E-state index contributed by atoms with van der Waals surface area (Å²) in [6.07, 6.45) is 7.44. The molecule has 0 bridgehead atoms. The van der Waals surface area contributed by atoms with Crippen molar-refractivity contribution in [3.63, 3.8) is 0 Å². The van der Waals surface area contributed by atoms with Gasteiger partial charge in [0.25, 0.3) is 5.24 Å². The van der Waals surface area contributed by atoms with Crippen molar-refractivity contribution in [2.24, 2.45) is 0 Å². The van der Waals surface area contributed by atoms with Crippen LogP contribution in [0.25, 0.3) is 11.1 Å². The molecule has 1 aliphatic rings. The van der Waals surface area contributed by atoms with E-state index >= 15 is 0 Å². The Balaban J connectivity index is 1.69. The zero-order valence-electron chi connectivity index (χ0n) is 17.9. The summed E-state index contributed by atoms with van der Waals surface area (Å²) in [7, 11) is 0. The SMILES string of the molecule is CCCCCCCCC(=O)Oc1cc(CC2SC(=O)NC2=O)ccc1-c1ccccc1. The highest BCUT2D eigenvalue weighted by atomic mass is 32.2. The molecule has 1 heterocycles. The average Bonchev–Trinajstić information content (AvgIpc) is 3.08. The Kier molecular flexibility index (Phi) is 8.71. The number of unbranched alkanes of at least 4 members (excludes halogenated alkanes) is 5. The van der Waals surface area contributed by atoms with Gasteiger partial charge in [-0.1, -0.05) is 93.3 Å². The van der Waals surface area contributed by atoms with Crippen LogP contribution in [0.4, 0.5) is 4.79 Å². The predicted molar refractivity (Wildman–Crippen MR) is 124 cm³/mol. The molecule has 2 aromatic rings. The van der Waals surface area contributed by atoms with Crippen LogP contribution in [0.2, 0.25) is 0 Å². The van der Waals surface area contributed by atoms with Crippen molar-refractivity contribution in [2.45, 2.75) is 63.5 Å². The van der Waals surface area contributed by atoms with Crippen LogP contribution in [0.1, 0.15) is 57.4 Å². The van der Waals surface area contributed by atoms with Gasteiger partial charge in [-0.2, -0.15) is 0 Å². The summed E-state index contributed by atoms with van der Waals surface area (Å²) in [5.41, 5.74) is 2.64. The standard InChI is InChI=1S/C25H29NO4S/c1-2-3-4-5-6-10-13-23(27)30-21-16-18(17-22-24(28)26-25(29)31-22)14-15-20(21)19-11-8-7-9-12-19/h7-9,11-12,14-16,22H,2-6,10,13,17H2,1H3,(H,26,28,29). The number of ether oxygens (including phenoxy) is 1. The highest BCUT2D eigenvalue weighted by Gasteiger charge is 2.31. The van der Waals surface area contributed by atoms with Gasteiger partial charge in [0.1, 0.15) is 5.75 Å². The van der Waals surface area contributed by atoms with E-state index < -0.39 is 5.25 Å². The number of benzene rings is 2. The fourth-order valence-corrected chi connectivity index (χ4v) is 4.46. The van der Waals surface area contributed by atoms with Crippen LogP contribution in [0.5, 0.6) is 5.75 Å². The third-order valence-corrected chi connectivity index (χ3v) is 6.26. The van der Waals surface area contributed by atoms with E-state index in [4.69, 9.17) is 4.74 Å². The minimum atomic E-state index is -0.457. The summed E-state index contributed by atoms with van der Waals surface area (Å²) >= 11 is 1.00. The molecule has 2 amide bonds. The van der Waals surface area contributed by atoms with E-state index in [-0.39, 0.29) is 17.1 Å². The van der Waals surface area contributed by atoms with E-state index in [2.05, 4.69) is 12.2 Å². The van der Waals surface area contributed by atoms with Crippen LogP contribution in [-0.4, -0.2) is 22.4 Å². The number of imide groups is 1. The van der Waals surface area contributed by atoms with Crippen molar-refractivity contribution < 1.29 is 19.1 Å². The quantitative estimate of drug-likeness (QED) is 0.268. The third-order valence-electron chi connectivity index (χ3n) is 5.28. The molecule has 31 heavy (non-hydrogen) atoms. The number of esters is 1. The molecule has 1 unspecified atom stereocenters. The van der Waals surface area contributed by atoms with Crippen LogP contribution in [0.15, 0.2) is 48.5 Å². The second kappa shape index (κ2) is 11.7. The minimum absolute atomic E-state index is 0.243. The zero-order valence-corrected chi connectivity index (χ0v) is 18.7. The van der Waals surface area contributed by atoms with Gasteiger partial charge in [0.15, 0.2) is 0 Å². The van der Waals surface area contributed by atoms with Crippen LogP contribution < -0.4 is 10.1 Å². The lowest BCUT2D eigenvalue weighted by atomic mass is 10.0. The maximum atomic E-state index is 12.5. The van der Waals surface area contributed by atoms with Crippen molar-refractivity contribution in [1.29, 1.82) is 0 Å². The molecule has 5 nitrogen and oxygen atoms in total. The molecule has 0 spiro atoms. The molecular weight excluding hydrogens is 410 g/mol.